The third-order valence-corrected chi connectivity index (χ3v) is 2.48. The molecule has 0 bridgehead atoms. The fourth-order valence-electron chi connectivity index (χ4n) is 1.67. The van der Waals surface area contributed by atoms with E-state index in [1.54, 1.807) is 38.1 Å². The van der Waals surface area contributed by atoms with Gasteiger partial charge in [0.25, 0.3) is 0 Å². The lowest BCUT2D eigenvalue weighted by atomic mass is 10.2. The average Bonchev–Trinajstić information content (AvgIpc) is 2.66. The van der Waals surface area contributed by atoms with Crippen LogP contribution in [-0.4, -0.2) is 22.4 Å². The Bertz CT molecular complexity index is 564. The quantitative estimate of drug-likeness (QED) is 0.784. The molecule has 0 aliphatic heterocycles. The van der Waals surface area contributed by atoms with Gasteiger partial charge in [0, 0.05) is 0 Å². The summed E-state index contributed by atoms with van der Waals surface area (Å²) in [7, 11) is 0. The van der Waals surface area contributed by atoms with Gasteiger partial charge in [0.2, 0.25) is 5.95 Å². The zero-order valence-corrected chi connectivity index (χ0v) is 10.2. The van der Waals surface area contributed by atoms with Crippen molar-refractivity contribution in [3.8, 4) is 5.69 Å². The number of hydrogen-bond acceptors (Lipinski definition) is 3. The SMILES string of the molecule is CCOC(=O)c1c(C)nn(-c2ccccc2)c1F. The zero-order valence-electron chi connectivity index (χ0n) is 10.2. The molecule has 0 saturated carbocycles. The number of hydrogen-bond donors (Lipinski definition) is 0. The first-order valence-corrected chi connectivity index (χ1v) is 5.62. The van der Waals surface area contributed by atoms with Crippen molar-refractivity contribution >= 4 is 5.97 Å². The molecule has 0 atom stereocenters. The molecule has 1 heterocycles. The molecule has 0 aliphatic rings. The summed E-state index contributed by atoms with van der Waals surface area (Å²) in [5.41, 5.74) is 0.768. The number of aromatic nitrogens is 2. The molecule has 0 radical (unpaired) electrons. The van der Waals surface area contributed by atoms with Gasteiger partial charge in [-0.3, -0.25) is 0 Å². The molecule has 0 saturated heterocycles. The summed E-state index contributed by atoms with van der Waals surface area (Å²) in [6, 6.07) is 8.80. The second-order valence-electron chi connectivity index (χ2n) is 3.72. The Morgan fingerprint density at radius 1 is 1.39 bits per heavy atom. The van der Waals surface area contributed by atoms with Crippen LogP contribution in [0.4, 0.5) is 4.39 Å². The van der Waals surface area contributed by atoms with Gasteiger partial charge in [0.05, 0.1) is 18.0 Å². The molecular formula is C13H13FN2O2. The molecule has 1 aromatic carbocycles. The molecule has 1 aromatic heterocycles. The van der Waals surface area contributed by atoms with E-state index in [-0.39, 0.29) is 12.2 Å². The summed E-state index contributed by atoms with van der Waals surface area (Å²) in [5, 5.41) is 4.02. The van der Waals surface area contributed by atoms with E-state index in [2.05, 4.69) is 5.10 Å². The van der Waals surface area contributed by atoms with Crippen LogP contribution < -0.4 is 0 Å². The number of halogens is 1. The zero-order chi connectivity index (χ0) is 13.1. The van der Waals surface area contributed by atoms with Gasteiger partial charge in [-0.05, 0) is 26.0 Å². The van der Waals surface area contributed by atoms with Crippen LogP contribution in [0.25, 0.3) is 5.69 Å². The summed E-state index contributed by atoms with van der Waals surface area (Å²) in [4.78, 5) is 11.6. The van der Waals surface area contributed by atoms with Gasteiger partial charge in [-0.1, -0.05) is 18.2 Å². The maximum absolute atomic E-state index is 14.2. The number of para-hydroxylation sites is 1. The minimum atomic E-state index is -0.697. The highest BCUT2D eigenvalue weighted by atomic mass is 19.1. The van der Waals surface area contributed by atoms with Gasteiger partial charge in [-0.15, -0.1) is 0 Å². The Morgan fingerprint density at radius 2 is 2.06 bits per heavy atom. The summed E-state index contributed by atoms with van der Waals surface area (Å²) in [5.74, 6) is -1.38. The topological polar surface area (TPSA) is 44.1 Å². The monoisotopic (exact) mass is 248 g/mol. The van der Waals surface area contributed by atoms with Crippen LogP contribution in [-0.2, 0) is 4.74 Å². The van der Waals surface area contributed by atoms with Crippen LogP contribution in [0.2, 0.25) is 0 Å². The highest BCUT2D eigenvalue weighted by molar-refractivity contribution is 5.90. The molecule has 5 heteroatoms. The van der Waals surface area contributed by atoms with Crippen molar-refractivity contribution in [1.82, 2.24) is 9.78 Å². The van der Waals surface area contributed by atoms with E-state index in [9.17, 15) is 9.18 Å². The first kappa shape index (κ1) is 12.3. The van der Waals surface area contributed by atoms with Crippen molar-refractivity contribution in [2.24, 2.45) is 0 Å². The van der Waals surface area contributed by atoms with E-state index in [1.165, 1.54) is 0 Å². The van der Waals surface area contributed by atoms with Crippen molar-refractivity contribution in [2.45, 2.75) is 13.8 Å². The molecule has 0 unspecified atom stereocenters. The smallest absolute Gasteiger partial charge is 0.344 e. The van der Waals surface area contributed by atoms with Crippen molar-refractivity contribution in [2.75, 3.05) is 6.61 Å². The summed E-state index contributed by atoms with van der Waals surface area (Å²) in [6.45, 7) is 3.45. The maximum atomic E-state index is 14.2. The van der Waals surface area contributed by atoms with Crippen LogP contribution >= 0.6 is 0 Å². The van der Waals surface area contributed by atoms with E-state index in [0.29, 0.717) is 11.4 Å². The Balaban J connectivity index is 2.47. The van der Waals surface area contributed by atoms with E-state index in [0.717, 1.165) is 4.68 Å². The van der Waals surface area contributed by atoms with Gasteiger partial charge in [0.1, 0.15) is 5.56 Å². The van der Waals surface area contributed by atoms with Gasteiger partial charge < -0.3 is 4.74 Å². The molecule has 2 rings (SSSR count). The fraction of sp³-hybridized carbons (Fsp3) is 0.231. The molecule has 4 nitrogen and oxygen atoms in total. The Kier molecular flexibility index (Phi) is 3.41. The summed E-state index contributed by atoms with van der Waals surface area (Å²) >= 11 is 0. The molecule has 18 heavy (non-hydrogen) atoms. The third-order valence-electron chi connectivity index (χ3n) is 2.48. The fourth-order valence-corrected chi connectivity index (χ4v) is 1.67. The summed E-state index contributed by atoms with van der Waals surface area (Å²) in [6.07, 6.45) is 0. The van der Waals surface area contributed by atoms with Crippen LogP contribution in [0, 0.1) is 12.9 Å². The largest absolute Gasteiger partial charge is 0.462 e. The molecule has 0 N–H and O–H groups in total. The average molecular weight is 248 g/mol. The third kappa shape index (κ3) is 2.11. The number of nitrogens with zero attached hydrogens (tertiary/aromatic N) is 2. The molecule has 0 spiro atoms. The lowest BCUT2D eigenvalue weighted by Gasteiger charge is -2.02. The maximum Gasteiger partial charge on any atom is 0.344 e. The number of carbonyl (C=O) groups excluding carboxylic acids is 1. The first-order valence-electron chi connectivity index (χ1n) is 5.62. The number of esters is 1. The Morgan fingerprint density at radius 3 is 2.67 bits per heavy atom. The van der Waals surface area contributed by atoms with E-state index in [1.807, 2.05) is 6.07 Å². The highest BCUT2D eigenvalue weighted by Crippen LogP contribution is 2.17. The van der Waals surface area contributed by atoms with Crippen molar-refractivity contribution < 1.29 is 13.9 Å². The van der Waals surface area contributed by atoms with E-state index < -0.39 is 11.9 Å². The van der Waals surface area contributed by atoms with Crippen LogP contribution in [0.1, 0.15) is 23.0 Å². The van der Waals surface area contributed by atoms with E-state index >= 15 is 0 Å². The van der Waals surface area contributed by atoms with Crippen LogP contribution in [0.5, 0.6) is 0 Å². The van der Waals surface area contributed by atoms with Crippen molar-refractivity contribution in [1.29, 1.82) is 0 Å². The normalized spacial score (nSPS) is 10.4. The number of aryl methyl sites for hydroxylation is 1. The number of carbonyl (C=O) groups is 1. The van der Waals surface area contributed by atoms with Crippen LogP contribution in [0.3, 0.4) is 0 Å². The second-order valence-corrected chi connectivity index (χ2v) is 3.72. The predicted molar refractivity (Wildman–Crippen MR) is 64.2 cm³/mol. The van der Waals surface area contributed by atoms with Gasteiger partial charge in [-0.25, -0.2) is 9.48 Å². The molecule has 2 aromatic rings. The lowest BCUT2D eigenvalue weighted by molar-refractivity contribution is 0.0520. The predicted octanol–water partition coefficient (Wildman–Crippen LogP) is 2.50. The molecule has 0 amide bonds. The van der Waals surface area contributed by atoms with Crippen molar-refractivity contribution in [3.63, 3.8) is 0 Å². The van der Waals surface area contributed by atoms with Gasteiger partial charge >= 0.3 is 5.97 Å². The van der Waals surface area contributed by atoms with E-state index in [4.69, 9.17) is 4.74 Å². The molecule has 0 fully saturated rings. The van der Waals surface area contributed by atoms with Crippen LogP contribution in [0.15, 0.2) is 30.3 Å². The Labute approximate surface area is 104 Å². The standard InChI is InChI=1S/C13H13FN2O2/c1-3-18-13(17)11-9(2)15-16(12(11)14)10-7-5-4-6-8-10/h4-8H,3H2,1-2H3. The number of benzene rings is 1. The van der Waals surface area contributed by atoms with Gasteiger partial charge in [0.15, 0.2) is 0 Å². The van der Waals surface area contributed by atoms with Crippen molar-refractivity contribution in [3.05, 3.63) is 47.5 Å². The highest BCUT2D eigenvalue weighted by Gasteiger charge is 2.23. The summed E-state index contributed by atoms with van der Waals surface area (Å²) < 4.78 is 20.1. The first-order chi connectivity index (χ1) is 8.65. The minimum absolute atomic E-state index is 0.110. The molecular weight excluding hydrogens is 235 g/mol. The van der Waals surface area contributed by atoms with Gasteiger partial charge in [-0.2, -0.15) is 9.49 Å². The molecule has 0 aliphatic carbocycles. The Hall–Kier alpha value is -2.17. The number of rotatable bonds is 3. The molecule has 94 valence electrons. The number of ether oxygens (including phenoxy) is 1. The minimum Gasteiger partial charge on any atom is -0.462 e. The second kappa shape index (κ2) is 5.00. The lowest BCUT2D eigenvalue weighted by Crippen LogP contribution is -2.08.